The molecule has 0 N–H and O–H groups in total. The second kappa shape index (κ2) is 12.1. The van der Waals surface area contributed by atoms with E-state index in [-0.39, 0.29) is 0 Å². The first-order chi connectivity index (χ1) is 22.8. The summed E-state index contributed by atoms with van der Waals surface area (Å²) in [6.45, 7) is 0. The zero-order chi connectivity index (χ0) is 30.7. The summed E-state index contributed by atoms with van der Waals surface area (Å²) in [5.41, 5.74) is 12.7. The standard InChI is InChI=1S/C43H30N2O/c1-4-12-31(13-5-1)33-22-26-37(27-23-33)45(39-19-10-18-36(30-39)32-14-6-2-7-15-32)38-28-24-34(25-29-38)40-20-11-21-41-42(40)46-43(44-41)35-16-8-3-9-17-35/h1-30H. The van der Waals surface area contributed by atoms with Gasteiger partial charge in [-0.15, -0.1) is 0 Å². The van der Waals surface area contributed by atoms with Crippen LogP contribution in [0, 0.1) is 0 Å². The van der Waals surface area contributed by atoms with Crippen LogP contribution in [0.15, 0.2) is 186 Å². The largest absolute Gasteiger partial charge is 0.435 e. The van der Waals surface area contributed by atoms with Gasteiger partial charge in [-0.1, -0.05) is 127 Å². The van der Waals surface area contributed by atoms with Gasteiger partial charge in [0.2, 0.25) is 5.89 Å². The molecular formula is C43H30N2O. The highest BCUT2D eigenvalue weighted by molar-refractivity contribution is 5.92. The lowest BCUT2D eigenvalue weighted by Gasteiger charge is -2.26. The number of oxazole rings is 1. The zero-order valence-corrected chi connectivity index (χ0v) is 25.1. The van der Waals surface area contributed by atoms with E-state index in [0.29, 0.717) is 5.89 Å². The Morgan fingerprint density at radius 3 is 1.50 bits per heavy atom. The monoisotopic (exact) mass is 590 g/mol. The van der Waals surface area contributed by atoms with Crippen LogP contribution in [0.2, 0.25) is 0 Å². The van der Waals surface area contributed by atoms with E-state index >= 15 is 0 Å². The number of nitrogens with zero attached hydrogens (tertiary/aromatic N) is 2. The molecule has 3 heteroatoms. The summed E-state index contributed by atoms with van der Waals surface area (Å²) in [5, 5.41) is 0. The molecule has 8 aromatic rings. The molecule has 7 aromatic carbocycles. The van der Waals surface area contributed by atoms with Gasteiger partial charge in [-0.2, -0.15) is 0 Å². The number of para-hydroxylation sites is 1. The fourth-order valence-corrected chi connectivity index (χ4v) is 6.01. The highest BCUT2D eigenvalue weighted by Gasteiger charge is 2.16. The van der Waals surface area contributed by atoms with E-state index in [2.05, 4.69) is 138 Å². The van der Waals surface area contributed by atoms with Gasteiger partial charge in [0.1, 0.15) is 5.52 Å². The van der Waals surface area contributed by atoms with Crippen LogP contribution >= 0.6 is 0 Å². The Morgan fingerprint density at radius 2 is 0.870 bits per heavy atom. The first-order valence-corrected chi connectivity index (χ1v) is 15.5. The van der Waals surface area contributed by atoms with Crippen LogP contribution in [0.25, 0.3) is 55.9 Å². The van der Waals surface area contributed by atoms with Crippen LogP contribution in [0.1, 0.15) is 0 Å². The SMILES string of the molecule is c1ccc(-c2ccc(N(c3ccc(-c4cccc5nc(-c6ccccc6)oc45)cc3)c3cccc(-c4ccccc4)c3)cc2)cc1. The summed E-state index contributed by atoms with van der Waals surface area (Å²) in [5.74, 6) is 0.628. The van der Waals surface area contributed by atoms with Crippen molar-refractivity contribution >= 4 is 28.2 Å². The molecule has 0 aliphatic heterocycles. The molecule has 0 spiro atoms. The molecule has 1 heterocycles. The molecule has 0 fully saturated rings. The lowest BCUT2D eigenvalue weighted by atomic mass is 10.0. The number of rotatable bonds is 7. The molecule has 1 aromatic heterocycles. The van der Waals surface area contributed by atoms with Gasteiger partial charge in [-0.05, 0) is 82.4 Å². The van der Waals surface area contributed by atoms with Crippen molar-refractivity contribution in [2.75, 3.05) is 4.90 Å². The number of anilines is 3. The van der Waals surface area contributed by atoms with Gasteiger partial charge in [-0.3, -0.25) is 0 Å². The topological polar surface area (TPSA) is 29.3 Å². The average Bonchev–Trinajstić information content (AvgIpc) is 3.59. The third-order valence-corrected chi connectivity index (χ3v) is 8.32. The maximum absolute atomic E-state index is 6.34. The molecule has 218 valence electrons. The van der Waals surface area contributed by atoms with Crippen molar-refractivity contribution in [3.63, 3.8) is 0 Å². The van der Waals surface area contributed by atoms with Crippen LogP contribution in [-0.4, -0.2) is 4.98 Å². The molecule has 0 saturated heterocycles. The Labute approximate surface area is 268 Å². The summed E-state index contributed by atoms with van der Waals surface area (Å²) in [4.78, 5) is 7.09. The molecule has 0 aliphatic rings. The van der Waals surface area contributed by atoms with E-state index < -0.39 is 0 Å². The minimum atomic E-state index is 0.628. The minimum Gasteiger partial charge on any atom is -0.435 e. The second-order valence-electron chi connectivity index (χ2n) is 11.3. The molecule has 0 unspecified atom stereocenters. The van der Waals surface area contributed by atoms with E-state index in [0.717, 1.165) is 44.9 Å². The Balaban J connectivity index is 1.19. The number of aromatic nitrogens is 1. The third-order valence-electron chi connectivity index (χ3n) is 8.32. The van der Waals surface area contributed by atoms with E-state index in [9.17, 15) is 0 Å². The highest BCUT2D eigenvalue weighted by atomic mass is 16.3. The van der Waals surface area contributed by atoms with Crippen molar-refractivity contribution in [1.29, 1.82) is 0 Å². The number of hydrogen-bond donors (Lipinski definition) is 0. The van der Waals surface area contributed by atoms with Crippen molar-refractivity contribution in [2.45, 2.75) is 0 Å². The Bertz CT molecular complexity index is 2220. The zero-order valence-electron chi connectivity index (χ0n) is 25.1. The van der Waals surface area contributed by atoms with Crippen molar-refractivity contribution < 1.29 is 4.42 Å². The van der Waals surface area contributed by atoms with Gasteiger partial charge < -0.3 is 9.32 Å². The van der Waals surface area contributed by atoms with E-state index in [4.69, 9.17) is 9.40 Å². The van der Waals surface area contributed by atoms with Gasteiger partial charge in [-0.25, -0.2) is 4.98 Å². The second-order valence-corrected chi connectivity index (χ2v) is 11.3. The number of hydrogen-bond acceptors (Lipinski definition) is 3. The molecular weight excluding hydrogens is 560 g/mol. The molecule has 0 atom stereocenters. The predicted molar refractivity (Wildman–Crippen MR) is 190 cm³/mol. The lowest BCUT2D eigenvalue weighted by molar-refractivity contribution is 0.621. The minimum absolute atomic E-state index is 0.628. The third kappa shape index (κ3) is 5.36. The number of benzene rings is 7. The van der Waals surface area contributed by atoms with Crippen LogP contribution in [0.4, 0.5) is 17.1 Å². The Morgan fingerprint density at radius 1 is 0.370 bits per heavy atom. The fraction of sp³-hybridized carbons (Fsp3) is 0. The summed E-state index contributed by atoms with van der Waals surface area (Å²) in [7, 11) is 0. The van der Waals surface area contributed by atoms with Crippen molar-refractivity contribution in [3.05, 3.63) is 182 Å². The molecule has 0 radical (unpaired) electrons. The first kappa shape index (κ1) is 27.4. The summed E-state index contributed by atoms with van der Waals surface area (Å²) in [6.07, 6.45) is 0. The van der Waals surface area contributed by atoms with E-state index in [1.165, 1.54) is 22.3 Å². The van der Waals surface area contributed by atoms with E-state index in [1.54, 1.807) is 0 Å². The molecule has 8 rings (SSSR count). The lowest BCUT2D eigenvalue weighted by Crippen LogP contribution is -2.10. The Hall–Kier alpha value is -6.19. The first-order valence-electron chi connectivity index (χ1n) is 15.5. The van der Waals surface area contributed by atoms with Crippen molar-refractivity contribution in [1.82, 2.24) is 4.98 Å². The van der Waals surface area contributed by atoms with Gasteiger partial charge in [0, 0.05) is 28.2 Å². The smallest absolute Gasteiger partial charge is 0.227 e. The summed E-state index contributed by atoms with van der Waals surface area (Å²) >= 11 is 0. The Kier molecular flexibility index (Phi) is 7.18. The highest BCUT2D eigenvalue weighted by Crippen LogP contribution is 2.39. The maximum Gasteiger partial charge on any atom is 0.227 e. The van der Waals surface area contributed by atoms with Crippen LogP contribution in [-0.2, 0) is 0 Å². The van der Waals surface area contributed by atoms with Gasteiger partial charge in [0.15, 0.2) is 5.58 Å². The van der Waals surface area contributed by atoms with E-state index in [1.807, 2.05) is 48.5 Å². The van der Waals surface area contributed by atoms with Crippen LogP contribution < -0.4 is 4.90 Å². The normalized spacial score (nSPS) is 11.0. The molecule has 46 heavy (non-hydrogen) atoms. The molecule has 0 saturated carbocycles. The maximum atomic E-state index is 6.34. The summed E-state index contributed by atoms with van der Waals surface area (Å²) in [6, 6.07) is 63.4. The average molecular weight is 591 g/mol. The van der Waals surface area contributed by atoms with Crippen LogP contribution in [0.3, 0.4) is 0 Å². The quantitative estimate of drug-likeness (QED) is 0.185. The van der Waals surface area contributed by atoms with Gasteiger partial charge in [0.25, 0.3) is 0 Å². The fourth-order valence-electron chi connectivity index (χ4n) is 6.01. The van der Waals surface area contributed by atoms with Crippen molar-refractivity contribution in [3.8, 4) is 44.8 Å². The van der Waals surface area contributed by atoms with Gasteiger partial charge >= 0.3 is 0 Å². The molecule has 3 nitrogen and oxygen atoms in total. The predicted octanol–water partition coefficient (Wildman–Crippen LogP) is 12.0. The van der Waals surface area contributed by atoms with Crippen molar-refractivity contribution in [2.24, 2.45) is 0 Å². The molecule has 0 aliphatic carbocycles. The molecule has 0 amide bonds. The number of fused-ring (bicyclic) bond motifs is 1. The van der Waals surface area contributed by atoms with Gasteiger partial charge in [0.05, 0.1) is 0 Å². The molecule has 0 bridgehead atoms. The summed E-state index contributed by atoms with van der Waals surface area (Å²) < 4.78 is 6.34. The van der Waals surface area contributed by atoms with Crippen LogP contribution in [0.5, 0.6) is 0 Å².